The summed E-state index contributed by atoms with van der Waals surface area (Å²) in [6.45, 7) is 4.53. The van der Waals surface area contributed by atoms with Gasteiger partial charge in [0.15, 0.2) is 5.78 Å². The molecule has 316 valence electrons. The van der Waals surface area contributed by atoms with Crippen molar-refractivity contribution in [2.45, 2.75) is 70.9 Å². The van der Waals surface area contributed by atoms with Crippen LogP contribution < -0.4 is 10.6 Å². The standard InChI is InChI=1S/C34H58BN7O14/c1-22(2)25(32(51)37-23(3)33(52)42-8-4-5-27(42)35(55)56)17-24(43)18-36-28(44)7-6-26(34(53)54)41-15-13-39(20-30(47)48)11-9-38(19-29(45)46)10-12-40(14-16-41)21-31(49)50/h22-23,25-27,55-56H,4-21H2,1-3H3,(H,36,44)(H,37,51)(H,45,46)(H,47,48)(H,49,50)(H,53,54)/t23-,25+,26?,27+/m1/s1. The summed E-state index contributed by atoms with van der Waals surface area (Å²) >= 11 is 0. The number of carboxylic acid groups (broad SMARTS) is 4. The lowest BCUT2D eigenvalue weighted by molar-refractivity contribution is -0.145. The molecule has 0 radical (unpaired) electrons. The Morgan fingerprint density at radius 2 is 1.20 bits per heavy atom. The number of amides is 3. The molecule has 3 amide bonds. The molecule has 0 bridgehead atoms. The Morgan fingerprint density at radius 1 is 0.714 bits per heavy atom. The first-order valence-corrected chi connectivity index (χ1v) is 18.8. The monoisotopic (exact) mass is 799 g/mol. The van der Waals surface area contributed by atoms with Crippen molar-refractivity contribution in [3.63, 3.8) is 0 Å². The van der Waals surface area contributed by atoms with Crippen LogP contribution in [0.1, 0.15) is 52.9 Å². The first-order chi connectivity index (χ1) is 26.3. The van der Waals surface area contributed by atoms with Crippen molar-refractivity contribution < 1.29 is 68.8 Å². The van der Waals surface area contributed by atoms with Crippen LogP contribution in [0.3, 0.4) is 0 Å². The van der Waals surface area contributed by atoms with Gasteiger partial charge in [-0.1, -0.05) is 13.8 Å². The van der Waals surface area contributed by atoms with Crippen molar-refractivity contribution in [2.75, 3.05) is 85.1 Å². The molecule has 0 aromatic heterocycles. The van der Waals surface area contributed by atoms with E-state index in [4.69, 9.17) is 0 Å². The maximum absolute atomic E-state index is 13.1. The molecule has 4 atom stereocenters. The molecule has 8 N–H and O–H groups in total. The zero-order valence-corrected chi connectivity index (χ0v) is 32.4. The van der Waals surface area contributed by atoms with E-state index >= 15 is 0 Å². The van der Waals surface area contributed by atoms with Gasteiger partial charge in [-0.25, -0.2) is 0 Å². The lowest BCUT2D eigenvalue weighted by Crippen LogP contribution is -2.53. The van der Waals surface area contributed by atoms with Crippen LogP contribution in [0.2, 0.25) is 0 Å². The number of carbonyl (C=O) groups excluding carboxylic acids is 4. The zero-order chi connectivity index (χ0) is 42.1. The van der Waals surface area contributed by atoms with Crippen molar-refractivity contribution in [3.05, 3.63) is 0 Å². The highest BCUT2D eigenvalue weighted by molar-refractivity contribution is 6.43. The van der Waals surface area contributed by atoms with Crippen LogP contribution in [0.5, 0.6) is 0 Å². The highest BCUT2D eigenvalue weighted by Gasteiger charge is 2.39. The van der Waals surface area contributed by atoms with Crippen LogP contribution >= 0.6 is 0 Å². The minimum Gasteiger partial charge on any atom is -0.480 e. The molecule has 2 fully saturated rings. The van der Waals surface area contributed by atoms with Crippen LogP contribution in [0.15, 0.2) is 0 Å². The van der Waals surface area contributed by atoms with Crippen LogP contribution in [0.25, 0.3) is 0 Å². The summed E-state index contributed by atoms with van der Waals surface area (Å²) < 4.78 is 0. The molecule has 2 aliphatic heterocycles. The summed E-state index contributed by atoms with van der Waals surface area (Å²) in [7, 11) is -1.72. The molecule has 0 aromatic carbocycles. The van der Waals surface area contributed by atoms with Crippen LogP contribution in [0.4, 0.5) is 0 Å². The van der Waals surface area contributed by atoms with Crippen molar-refractivity contribution in [1.29, 1.82) is 0 Å². The van der Waals surface area contributed by atoms with Crippen molar-refractivity contribution in [3.8, 4) is 0 Å². The van der Waals surface area contributed by atoms with Crippen molar-refractivity contribution >= 4 is 54.5 Å². The normalized spacial score (nSPS) is 19.9. The topological polar surface area (TPSA) is 298 Å². The number of rotatable bonds is 20. The molecule has 1 unspecified atom stereocenters. The maximum atomic E-state index is 13.1. The van der Waals surface area contributed by atoms with E-state index in [2.05, 4.69) is 10.6 Å². The molecule has 21 nitrogen and oxygen atoms in total. The van der Waals surface area contributed by atoms with E-state index in [0.717, 1.165) is 0 Å². The van der Waals surface area contributed by atoms with Crippen molar-refractivity contribution in [1.82, 2.24) is 35.1 Å². The van der Waals surface area contributed by atoms with E-state index in [1.165, 1.54) is 16.7 Å². The van der Waals surface area contributed by atoms with Gasteiger partial charge in [-0.3, -0.25) is 58.0 Å². The van der Waals surface area contributed by atoms with E-state index in [0.29, 0.717) is 19.4 Å². The Bertz CT molecular complexity index is 1360. The van der Waals surface area contributed by atoms with Crippen LogP contribution in [-0.4, -0.2) is 213 Å². The van der Waals surface area contributed by atoms with Crippen molar-refractivity contribution in [2.24, 2.45) is 11.8 Å². The predicted octanol–water partition coefficient (Wildman–Crippen LogP) is -3.45. The molecule has 2 aliphatic rings. The Morgan fingerprint density at radius 3 is 1.62 bits per heavy atom. The number of carbonyl (C=O) groups is 8. The van der Waals surface area contributed by atoms with Gasteiger partial charge in [-0.15, -0.1) is 0 Å². The maximum Gasteiger partial charge on any atom is 0.475 e. The SMILES string of the molecule is CC(C)[C@H](CC(=O)CNC(=O)CCC(C(=O)O)N1CCN(CC(=O)O)CCN(CC(=O)O)CCN(CC(=O)O)CC1)C(=O)N[C@H](C)C(=O)N1CCC[C@H]1B(O)O. The Kier molecular flexibility index (Phi) is 20.3. The van der Waals surface area contributed by atoms with Gasteiger partial charge in [0.2, 0.25) is 17.7 Å². The summed E-state index contributed by atoms with van der Waals surface area (Å²) in [6, 6.07) is -2.23. The number of hydrogen-bond acceptors (Lipinski definition) is 14. The summed E-state index contributed by atoms with van der Waals surface area (Å²) in [5.74, 6) is -8.75. The molecule has 2 heterocycles. The number of likely N-dealkylation sites (tertiary alicyclic amines) is 1. The number of carboxylic acids is 4. The second-order valence-corrected chi connectivity index (χ2v) is 14.7. The van der Waals surface area contributed by atoms with E-state index < -0.39 is 85.0 Å². The molecule has 0 aliphatic carbocycles. The zero-order valence-electron chi connectivity index (χ0n) is 32.4. The minimum atomic E-state index is -1.72. The molecule has 2 saturated heterocycles. The largest absolute Gasteiger partial charge is 0.480 e. The van der Waals surface area contributed by atoms with E-state index in [9.17, 15) is 68.8 Å². The fraction of sp³-hybridized carbons (Fsp3) is 0.765. The van der Waals surface area contributed by atoms with Crippen LogP contribution in [0, 0.1) is 11.8 Å². The molecule has 0 saturated carbocycles. The second kappa shape index (κ2) is 23.8. The third kappa shape index (κ3) is 16.9. The van der Waals surface area contributed by atoms with E-state index in [-0.39, 0.29) is 97.2 Å². The van der Waals surface area contributed by atoms with Gasteiger partial charge in [0.1, 0.15) is 12.1 Å². The van der Waals surface area contributed by atoms with Gasteiger partial charge >= 0.3 is 31.0 Å². The molecule has 2 rings (SSSR count). The molecular weight excluding hydrogens is 741 g/mol. The van der Waals surface area contributed by atoms with E-state index in [1.807, 2.05) is 0 Å². The average molecular weight is 800 g/mol. The smallest absolute Gasteiger partial charge is 0.475 e. The molecule has 56 heavy (non-hydrogen) atoms. The summed E-state index contributed by atoms with van der Waals surface area (Å²) in [4.78, 5) is 107. The fourth-order valence-electron chi connectivity index (χ4n) is 6.88. The molecule has 22 heteroatoms. The summed E-state index contributed by atoms with van der Waals surface area (Å²) in [5, 5.41) is 62.8. The van der Waals surface area contributed by atoms with Gasteiger partial charge in [0, 0.05) is 77.7 Å². The number of nitrogens with one attached hydrogen (secondary N) is 2. The number of Topliss-reactive ketones (excluding diaryl/α,β-unsaturated/α-hetero) is 1. The number of hydrogen-bond donors (Lipinski definition) is 8. The number of nitrogens with zero attached hydrogens (tertiary/aromatic N) is 5. The average Bonchev–Trinajstić information content (AvgIpc) is 3.60. The highest BCUT2D eigenvalue weighted by atomic mass is 16.4. The summed E-state index contributed by atoms with van der Waals surface area (Å²) in [6.07, 6.45) is 0.222. The Hall–Kier alpha value is -4.22. The van der Waals surface area contributed by atoms with Crippen LogP contribution in [-0.2, 0) is 38.4 Å². The third-order valence-electron chi connectivity index (χ3n) is 10.0. The first-order valence-electron chi connectivity index (χ1n) is 18.8. The molecular formula is C34H58BN7O14. The van der Waals surface area contributed by atoms with Gasteiger partial charge in [0.05, 0.1) is 32.1 Å². The Labute approximate surface area is 326 Å². The fourth-order valence-corrected chi connectivity index (χ4v) is 6.88. The molecule has 0 aromatic rings. The number of aliphatic carboxylic acids is 4. The lowest BCUT2D eigenvalue weighted by Gasteiger charge is -2.35. The third-order valence-corrected chi connectivity index (χ3v) is 10.0. The van der Waals surface area contributed by atoms with Gasteiger partial charge in [-0.05, 0) is 32.1 Å². The number of ketones is 1. The van der Waals surface area contributed by atoms with Gasteiger partial charge in [-0.2, -0.15) is 0 Å². The quantitative estimate of drug-likeness (QED) is 0.0556. The predicted molar refractivity (Wildman–Crippen MR) is 198 cm³/mol. The highest BCUT2D eigenvalue weighted by Crippen LogP contribution is 2.20. The first kappa shape index (κ1) is 47.9. The van der Waals surface area contributed by atoms with E-state index in [1.54, 1.807) is 28.5 Å². The Balaban J connectivity index is 2.04. The molecule has 0 spiro atoms. The second-order valence-electron chi connectivity index (χ2n) is 14.7. The van der Waals surface area contributed by atoms with Gasteiger partial charge < -0.3 is 46.0 Å². The van der Waals surface area contributed by atoms with Gasteiger partial charge in [0.25, 0.3) is 0 Å². The lowest BCUT2D eigenvalue weighted by atomic mass is 9.78. The summed E-state index contributed by atoms with van der Waals surface area (Å²) in [5.41, 5.74) is 0. The minimum absolute atomic E-state index is 0.0368.